The molecule has 1 heterocycles. The molecule has 2 rings (SSSR count). The summed E-state index contributed by atoms with van der Waals surface area (Å²) < 4.78 is 38.8. The van der Waals surface area contributed by atoms with Crippen molar-refractivity contribution in [3.8, 4) is 0 Å². The van der Waals surface area contributed by atoms with E-state index in [2.05, 4.69) is 31.2 Å². The van der Waals surface area contributed by atoms with Crippen molar-refractivity contribution in [2.75, 3.05) is 5.32 Å². The van der Waals surface area contributed by atoms with Crippen LogP contribution in [0.4, 0.5) is 18.9 Å². The molecule has 1 unspecified atom stereocenters. The van der Waals surface area contributed by atoms with E-state index in [0.717, 1.165) is 16.2 Å². The summed E-state index contributed by atoms with van der Waals surface area (Å²) in [5, 5.41) is 1.59. The van der Waals surface area contributed by atoms with Crippen molar-refractivity contribution < 1.29 is 18.0 Å². The Morgan fingerprint density at radius 2 is 1.96 bits per heavy atom. The van der Waals surface area contributed by atoms with Crippen LogP contribution < -0.4 is 10.9 Å². The molecule has 0 bridgehead atoms. The van der Waals surface area contributed by atoms with Gasteiger partial charge in [-0.25, -0.2) is 4.98 Å². The van der Waals surface area contributed by atoms with Gasteiger partial charge in [-0.2, -0.15) is 13.2 Å². The zero-order valence-corrected chi connectivity index (χ0v) is 14.6. The Hall–Kier alpha value is -1.81. The maximum absolute atomic E-state index is 12.7. The smallest absolute Gasteiger partial charge is 0.325 e. The van der Waals surface area contributed by atoms with Gasteiger partial charge in [-0.1, -0.05) is 27.7 Å². The normalized spacial score (nSPS) is 12.7. The minimum atomic E-state index is -4.73. The predicted octanol–water partition coefficient (Wildman–Crippen LogP) is 3.67. The van der Waals surface area contributed by atoms with E-state index in [0.29, 0.717) is 11.8 Å². The lowest BCUT2D eigenvalue weighted by molar-refractivity contribution is -0.141. The molecule has 1 amide bonds. The first-order valence-electron chi connectivity index (χ1n) is 6.57. The molecule has 0 saturated heterocycles. The SMILES string of the molecule is CC(Sc1nc(C(F)(F)F)cc(=O)[nH]1)C(=O)Nc1ccc(Br)cc1. The Morgan fingerprint density at radius 1 is 1.33 bits per heavy atom. The highest BCUT2D eigenvalue weighted by atomic mass is 79.9. The summed E-state index contributed by atoms with van der Waals surface area (Å²) in [6.07, 6.45) is -4.73. The van der Waals surface area contributed by atoms with Gasteiger partial charge < -0.3 is 10.3 Å². The van der Waals surface area contributed by atoms with E-state index in [1.54, 1.807) is 24.3 Å². The molecular weight excluding hydrogens is 411 g/mol. The molecule has 0 fully saturated rings. The van der Waals surface area contributed by atoms with Gasteiger partial charge in [0.25, 0.3) is 5.56 Å². The number of hydrogen-bond donors (Lipinski definition) is 2. The fourth-order valence-electron chi connectivity index (χ4n) is 1.63. The molecular formula is C14H11BrF3N3O2S. The molecule has 2 aromatic rings. The van der Waals surface area contributed by atoms with Gasteiger partial charge in [-0.15, -0.1) is 0 Å². The fraction of sp³-hybridized carbons (Fsp3) is 0.214. The van der Waals surface area contributed by atoms with Crippen molar-refractivity contribution in [3.05, 3.63) is 50.9 Å². The van der Waals surface area contributed by atoms with E-state index < -0.39 is 28.6 Å². The van der Waals surface area contributed by atoms with Crippen molar-refractivity contribution in [2.24, 2.45) is 0 Å². The van der Waals surface area contributed by atoms with Crippen LogP contribution in [0.1, 0.15) is 12.6 Å². The first-order chi connectivity index (χ1) is 11.1. The number of carbonyl (C=O) groups is 1. The number of rotatable bonds is 4. The molecule has 0 aliphatic carbocycles. The lowest BCUT2D eigenvalue weighted by Gasteiger charge is -2.12. The zero-order valence-electron chi connectivity index (χ0n) is 12.1. The number of halogens is 4. The number of amides is 1. The van der Waals surface area contributed by atoms with Crippen molar-refractivity contribution in [3.63, 3.8) is 0 Å². The van der Waals surface area contributed by atoms with Crippen molar-refractivity contribution >= 4 is 39.3 Å². The zero-order chi connectivity index (χ0) is 17.9. The monoisotopic (exact) mass is 421 g/mol. The number of aromatic nitrogens is 2. The van der Waals surface area contributed by atoms with Gasteiger partial charge in [-0.3, -0.25) is 9.59 Å². The van der Waals surface area contributed by atoms with Gasteiger partial charge in [-0.05, 0) is 31.2 Å². The van der Waals surface area contributed by atoms with Crippen LogP contribution in [-0.2, 0) is 11.0 Å². The van der Waals surface area contributed by atoms with E-state index in [1.807, 2.05) is 0 Å². The van der Waals surface area contributed by atoms with Gasteiger partial charge in [0.15, 0.2) is 10.9 Å². The van der Waals surface area contributed by atoms with Gasteiger partial charge in [0.2, 0.25) is 5.91 Å². The van der Waals surface area contributed by atoms with Gasteiger partial charge in [0, 0.05) is 16.2 Å². The molecule has 1 aromatic carbocycles. The average molecular weight is 422 g/mol. The van der Waals surface area contributed by atoms with Crippen LogP contribution in [0.2, 0.25) is 0 Å². The van der Waals surface area contributed by atoms with Gasteiger partial charge in [0.05, 0.1) is 5.25 Å². The number of aromatic amines is 1. The Bertz CT molecular complexity index is 793. The summed E-state index contributed by atoms with van der Waals surface area (Å²) in [7, 11) is 0. The number of carbonyl (C=O) groups excluding carboxylic acids is 1. The third-order valence-electron chi connectivity index (χ3n) is 2.78. The highest BCUT2D eigenvalue weighted by molar-refractivity contribution is 9.10. The molecule has 0 aliphatic rings. The maximum atomic E-state index is 12.7. The molecule has 10 heteroatoms. The quantitative estimate of drug-likeness (QED) is 0.583. The topological polar surface area (TPSA) is 74.8 Å². The first kappa shape index (κ1) is 18.5. The van der Waals surface area contributed by atoms with Crippen LogP contribution in [0.5, 0.6) is 0 Å². The summed E-state index contributed by atoms with van der Waals surface area (Å²) in [5.74, 6) is -0.428. The summed E-state index contributed by atoms with van der Waals surface area (Å²) in [5.41, 5.74) is -1.68. The third-order valence-corrected chi connectivity index (χ3v) is 4.29. The average Bonchev–Trinajstić information content (AvgIpc) is 2.48. The second-order valence-electron chi connectivity index (χ2n) is 4.69. The summed E-state index contributed by atoms with van der Waals surface area (Å²) in [6, 6.07) is 7.18. The van der Waals surface area contributed by atoms with Gasteiger partial charge in [0.1, 0.15) is 0 Å². The lowest BCUT2D eigenvalue weighted by atomic mass is 10.3. The predicted molar refractivity (Wildman–Crippen MR) is 88.0 cm³/mol. The number of nitrogens with one attached hydrogen (secondary N) is 2. The number of alkyl halides is 3. The van der Waals surface area contributed by atoms with E-state index in [4.69, 9.17) is 0 Å². The van der Waals surface area contributed by atoms with E-state index in [1.165, 1.54) is 6.92 Å². The first-order valence-corrected chi connectivity index (χ1v) is 8.24. The van der Waals surface area contributed by atoms with E-state index in [-0.39, 0.29) is 5.16 Å². The second-order valence-corrected chi connectivity index (χ2v) is 6.93. The minimum absolute atomic E-state index is 0.270. The molecule has 1 atom stereocenters. The molecule has 2 N–H and O–H groups in total. The fourth-order valence-corrected chi connectivity index (χ4v) is 2.71. The van der Waals surface area contributed by atoms with Crippen LogP contribution in [0.3, 0.4) is 0 Å². The summed E-state index contributed by atoms with van der Waals surface area (Å²) >= 11 is 3.99. The number of benzene rings is 1. The van der Waals surface area contributed by atoms with E-state index >= 15 is 0 Å². The third kappa shape index (κ3) is 5.10. The lowest BCUT2D eigenvalue weighted by Crippen LogP contribution is -2.24. The van der Waals surface area contributed by atoms with Crippen molar-refractivity contribution in [1.29, 1.82) is 0 Å². The largest absolute Gasteiger partial charge is 0.433 e. The Balaban J connectivity index is 2.10. The number of nitrogens with zero attached hydrogens (tertiary/aromatic N) is 1. The standard InChI is InChI=1S/C14H11BrF3N3O2S/c1-7(12(23)19-9-4-2-8(15)3-5-9)24-13-20-10(14(16,17)18)6-11(22)21-13/h2-7H,1H3,(H,19,23)(H,20,21,22). The Labute approximate surface area is 147 Å². The summed E-state index contributed by atoms with van der Waals surface area (Å²) in [6.45, 7) is 1.50. The Kier molecular flexibility index (Phi) is 5.70. The molecule has 1 aromatic heterocycles. The molecule has 128 valence electrons. The highest BCUT2D eigenvalue weighted by Gasteiger charge is 2.33. The van der Waals surface area contributed by atoms with E-state index in [9.17, 15) is 22.8 Å². The number of hydrogen-bond acceptors (Lipinski definition) is 4. The highest BCUT2D eigenvalue weighted by Crippen LogP contribution is 2.28. The van der Waals surface area contributed by atoms with Crippen LogP contribution >= 0.6 is 27.7 Å². The van der Waals surface area contributed by atoms with Crippen molar-refractivity contribution in [2.45, 2.75) is 23.5 Å². The second kappa shape index (κ2) is 7.39. The maximum Gasteiger partial charge on any atom is 0.433 e. The molecule has 24 heavy (non-hydrogen) atoms. The number of thioether (sulfide) groups is 1. The molecule has 0 radical (unpaired) electrons. The number of H-pyrrole nitrogens is 1. The van der Waals surface area contributed by atoms with Crippen LogP contribution in [0.25, 0.3) is 0 Å². The summed E-state index contributed by atoms with van der Waals surface area (Å²) in [4.78, 5) is 28.9. The molecule has 0 saturated carbocycles. The van der Waals surface area contributed by atoms with Crippen LogP contribution in [0.15, 0.2) is 44.8 Å². The molecule has 0 spiro atoms. The van der Waals surface area contributed by atoms with Gasteiger partial charge >= 0.3 is 6.18 Å². The van der Waals surface area contributed by atoms with Crippen LogP contribution in [0, 0.1) is 0 Å². The molecule has 0 aliphatic heterocycles. The van der Waals surface area contributed by atoms with Crippen LogP contribution in [-0.4, -0.2) is 21.1 Å². The minimum Gasteiger partial charge on any atom is -0.325 e. The molecule has 5 nitrogen and oxygen atoms in total. The van der Waals surface area contributed by atoms with Crippen molar-refractivity contribution in [1.82, 2.24) is 9.97 Å². The number of anilines is 1. The Morgan fingerprint density at radius 3 is 2.54 bits per heavy atom.